The van der Waals surface area contributed by atoms with E-state index in [-0.39, 0.29) is 5.91 Å². The number of carbonyl (C=O) groups is 1. The van der Waals surface area contributed by atoms with Gasteiger partial charge >= 0.3 is 0 Å². The van der Waals surface area contributed by atoms with Gasteiger partial charge in [-0.25, -0.2) is 4.98 Å². The maximum Gasteiger partial charge on any atom is 0.217 e. The number of aromatic nitrogens is 1. The van der Waals surface area contributed by atoms with Crippen molar-refractivity contribution in [2.24, 2.45) is 0 Å². The Morgan fingerprint density at radius 1 is 1.57 bits per heavy atom. The Balaban J connectivity index is 2.55. The predicted octanol–water partition coefficient (Wildman–Crippen LogP) is 1.25. The maximum atomic E-state index is 10.5. The number of nitrogens with one attached hydrogen (secondary N) is 1. The molecule has 0 atom stereocenters. The highest BCUT2D eigenvalue weighted by molar-refractivity contribution is 7.12. The van der Waals surface area contributed by atoms with Crippen molar-refractivity contribution in [2.45, 2.75) is 20.8 Å². The van der Waals surface area contributed by atoms with Gasteiger partial charge in [-0.05, 0) is 19.8 Å². The van der Waals surface area contributed by atoms with Gasteiger partial charge in [-0.1, -0.05) is 5.92 Å². The molecule has 0 radical (unpaired) electrons. The van der Waals surface area contributed by atoms with Gasteiger partial charge in [0.1, 0.15) is 0 Å². The third-order valence-electron chi connectivity index (χ3n) is 1.65. The molecule has 0 aliphatic carbocycles. The fourth-order valence-electron chi connectivity index (χ4n) is 0.815. The lowest BCUT2D eigenvalue weighted by Crippen LogP contribution is -2.19. The highest BCUT2D eigenvalue weighted by Crippen LogP contribution is 2.14. The van der Waals surface area contributed by atoms with Gasteiger partial charge in [0, 0.05) is 11.8 Å². The smallest absolute Gasteiger partial charge is 0.217 e. The molecule has 1 amide bonds. The van der Waals surface area contributed by atoms with E-state index < -0.39 is 0 Å². The number of rotatable bonds is 1. The Morgan fingerprint density at radius 3 is 2.79 bits per heavy atom. The zero-order valence-corrected chi connectivity index (χ0v) is 9.29. The van der Waals surface area contributed by atoms with E-state index in [0.717, 1.165) is 10.7 Å². The lowest BCUT2D eigenvalue weighted by molar-refractivity contribution is -0.118. The highest BCUT2D eigenvalue weighted by Gasteiger charge is 1.99. The Morgan fingerprint density at radius 2 is 2.29 bits per heavy atom. The summed E-state index contributed by atoms with van der Waals surface area (Å²) in [5, 5.41) is 3.41. The van der Waals surface area contributed by atoms with E-state index in [1.54, 1.807) is 11.3 Å². The van der Waals surface area contributed by atoms with Crippen LogP contribution in [0.15, 0.2) is 0 Å². The number of carbonyl (C=O) groups excluding carboxylic acids is 1. The van der Waals surface area contributed by atoms with Crippen LogP contribution in [0.5, 0.6) is 0 Å². The molecule has 4 heteroatoms. The fourth-order valence-corrected chi connectivity index (χ4v) is 1.60. The standard InChI is InChI=1S/C10H12N2OS/c1-7-8(2)14-10(12-7)5-4-6-11-9(3)13/h6H2,1-3H3,(H,11,13). The van der Waals surface area contributed by atoms with E-state index in [9.17, 15) is 4.79 Å². The summed E-state index contributed by atoms with van der Waals surface area (Å²) < 4.78 is 0. The van der Waals surface area contributed by atoms with Gasteiger partial charge in [0.25, 0.3) is 0 Å². The quantitative estimate of drug-likeness (QED) is 0.706. The molecule has 1 rings (SSSR count). The van der Waals surface area contributed by atoms with Gasteiger partial charge in [0.15, 0.2) is 5.01 Å². The molecule has 1 N–H and O–H groups in total. The van der Waals surface area contributed by atoms with Gasteiger partial charge < -0.3 is 5.32 Å². The van der Waals surface area contributed by atoms with Crippen LogP contribution in [0, 0.1) is 25.7 Å². The van der Waals surface area contributed by atoms with Crippen LogP contribution in [0.25, 0.3) is 0 Å². The van der Waals surface area contributed by atoms with E-state index in [1.165, 1.54) is 11.8 Å². The molecule has 1 heterocycles. The van der Waals surface area contributed by atoms with Crippen molar-refractivity contribution in [2.75, 3.05) is 6.54 Å². The van der Waals surface area contributed by atoms with Crippen molar-refractivity contribution in [3.8, 4) is 11.8 Å². The van der Waals surface area contributed by atoms with Gasteiger partial charge in [0.05, 0.1) is 12.2 Å². The molecular weight excluding hydrogens is 196 g/mol. The first kappa shape index (κ1) is 10.7. The van der Waals surface area contributed by atoms with Crippen molar-refractivity contribution in [3.63, 3.8) is 0 Å². The molecule has 0 aliphatic rings. The van der Waals surface area contributed by atoms with Crippen LogP contribution in [0.2, 0.25) is 0 Å². The molecule has 3 nitrogen and oxygen atoms in total. The molecule has 1 aromatic rings. The van der Waals surface area contributed by atoms with E-state index in [1.807, 2.05) is 13.8 Å². The number of nitrogens with zero attached hydrogens (tertiary/aromatic N) is 1. The summed E-state index contributed by atoms with van der Waals surface area (Å²) in [6, 6.07) is 0. The number of amides is 1. The summed E-state index contributed by atoms with van der Waals surface area (Å²) in [6.07, 6.45) is 0. The van der Waals surface area contributed by atoms with Crippen molar-refractivity contribution in [1.82, 2.24) is 10.3 Å². The maximum absolute atomic E-state index is 10.5. The number of hydrogen-bond acceptors (Lipinski definition) is 3. The average molecular weight is 208 g/mol. The molecule has 0 spiro atoms. The first-order valence-electron chi connectivity index (χ1n) is 4.27. The highest BCUT2D eigenvalue weighted by atomic mass is 32.1. The summed E-state index contributed by atoms with van der Waals surface area (Å²) in [5.41, 5.74) is 1.03. The molecule has 0 saturated heterocycles. The van der Waals surface area contributed by atoms with Crippen molar-refractivity contribution < 1.29 is 4.79 Å². The van der Waals surface area contributed by atoms with Crippen LogP contribution in [0.3, 0.4) is 0 Å². The number of thiazole rings is 1. The predicted molar refractivity (Wildman–Crippen MR) is 57.1 cm³/mol. The lowest BCUT2D eigenvalue weighted by Gasteiger charge is -1.89. The minimum atomic E-state index is -0.0641. The molecule has 1 aromatic heterocycles. The van der Waals surface area contributed by atoms with Gasteiger partial charge in [0.2, 0.25) is 5.91 Å². The summed E-state index contributed by atoms with van der Waals surface area (Å²) in [6.45, 7) is 5.84. The average Bonchev–Trinajstić information content (AvgIpc) is 2.40. The van der Waals surface area contributed by atoms with Crippen molar-refractivity contribution in [1.29, 1.82) is 0 Å². The van der Waals surface area contributed by atoms with Crippen LogP contribution in [0.1, 0.15) is 22.5 Å². The van der Waals surface area contributed by atoms with Crippen LogP contribution in [0.4, 0.5) is 0 Å². The second kappa shape index (κ2) is 4.77. The third-order valence-corrected chi connectivity index (χ3v) is 2.64. The molecule has 74 valence electrons. The Hall–Kier alpha value is -1.34. The van der Waals surface area contributed by atoms with E-state index in [0.29, 0.717) is 6.54 Å². The second-order valence-corrected chi connectivity index (χ2v) is 4.08. The largest absolute Gasteiger partial charge is 0.345 e. The summed E-state index contributed by atoms with van der Waals surface area (Å²) in [7, 11) is 0. The fraction of sp³-hybridized carbons (Fsp3) is 0.400. The summed E-state index contributed by atoms with van der Waals surface area (Å²) in [5.74, 6) is 5.68. The number of aryl methyl sites for hydroxylation is 2. The van der Waals surface area contributed by atoms with Crippen LogP contribution in [-0.4, -0.2) is 17.4 Å². The Kier molecular flexibility index (Phi) is 3.66. The van der Waals surface area contributed by atoms with Gasteiger partial charge in [-0.15, -0.1) is 11.3 Å². The first-order valence-corrected chi connectivity index (χ1v) is 5.08. The zero-order valence-electron chi connectivity index (χ0n) is 8.47. The van der Waals surface area contributed by atoms with E-state index >= 15 is 0 Å². The topological polar surface area (TPSA) is 42.0 Å². The Labute approximate surface area is 87.6 Å². The molecule has 14 heavy (non-hydrogen) atoms. The van der Waals surface area contributed by atoms with Crippen LogP contribution in [-0.2, 0) is 4.79 Å². The molecule has 0 aromatic carbocycles. The second-order valence-electron chi connectivity index (χ2n) is 2.87. The molecule has 0 unspecified atom stereocenters. The van der Waals surface area contributed by atoms with E-state index in [2.05, 4.69) is 22.1 Å². The first-order chi connectivity index (χ1) is 6.59. The molecular formula is C10H12N2OS. The lowest BCUT2D eigenvalue weighted by atomic mass is 10.4. The molecule has 0 fully saturated rings. The third kappa shape index (κ3) is 3.19. The Bertz CT molecular complexity index is 378. The number of hydrogen-bond donors (Lipinski definition) is 1. The van der Waals surface area contributed by atoms with Crippen LogP contribution < -0.4 is 5.32 Å². The minimum Gasteiger partial charge on any atom is -0.345 e. The van der Waals surface area contributed by atoms with E-state index in [4.69, 9.17) is 0 Å². The van der Waals surface area contributed by atoms with Gasteiger partial charge in [-0.3, -0.25) is 4.79 Å². The van der Waals surface area contributed by atoms with Crippen LogP contribution >= 0.6 is 11.3 Å². The monoisotopic (exact) mass is 208 g/mol. The minimum absolute atomic E-state index is 0.0641. The van der Waals surface area contributed by atoms with Crippen molar-refractivity contribution in [3.05, 3.63) is 15.6 Å². The molecule has 0 bridgehead atoms. The normalized spacial score (nSPS) is 9.07. The zero-order chi connectivity index (χ0) is 10.6. The molecule has 0 aliphatic heterocycles. The molecule has 0 saturated carbocycles. The SMILES string of the molecule is CC(=O)NCC#Cc1nc(C)c(C)s1. The summed E-state index contributed by atoms with van der Waals surface area (Å²) in [4.78, 5) is 16.0. The van der Waals surface area contributed by atoms with Crippen molar-refractivity contribution >= 4 is 17.2 Å². The van der Waals surface area contributed by atoms with Gasteiger partial charge in [-0.2, -0.15) is 0 Å². The summed E-state index contributed by atoms with van der Waals surface area (Å²) >= 11 is 1.58.